The summed E-state index contributed by atoms with van der Waals surface area (Å²) in [5.41, 5.74) is 13.4. The average Bonchev–Trinajstić information content (AvgIpc) is 3.28. The third-order valence-corrected chi connectivity index (χ3v) is 6.09. The van der Waals surface area contributed by atoms with Crippen LogP contribution in [0.1, 0.15) is 38.2 Å². The van der Waals surface area contributed by atoms with E-state index in [0.717, 1.165) is 16.5 Å². The third-order valence-electron chi connectivity index (χ3n) is 6.09. The predicted molar refractivity (Wildman–Crippen MR) is 140 cm³/mol. The summed E-state index contributed by atoms with van der Waals surface area (Å²) in [7, 11) is 0. The molecule has 0 saturated carbocycles. The molecular formula is C25H36N6O8. The number of para-hydroxylation sites is 1. The average molecular weight is 549 g/mol. The van der Waals surface area contributed by atoms with Gasteiger partial charge in [0.1, 0.15) is 18.1 Å². The van der Waals surface area contributed by atoms with E-state index >= 15 is 0 Å². The third kappa shape index (κ3) is 9.35. The van der Waals surface area contributed by atoms with Crippen molar-refractivity contribution >= 4 is 40.6 Å². The van der Waals surface area contributed by atoms with Crippen LogP contribution in [0.3, 0.4) is 0 Å². The zero-order valence-corrected chi connectivity index (χ0v) is 21.6. The molecule has 0 aliphatic heterocycles. The van der Waals surface area contributed by atoms with Gasteiger partial charge >= 0.3 is 11.9 Å². The molecule has 2 rings (SSSR count). The lowest BCUT2D eigenvalue weighted by Gasteiger charge is -2.26. The molecule has 1 heterocycles. The van der Waals surface area contributed by atoms with E-state index in [4.69, 9.17) is 16.6 Å². The van der Waals surface area contributed by atoms with Gasteiger partial charge in [-0.1, -0.05) is 18.2 Å². The largest absolute Gasteiger partial charge is 0.481 e. The Morgan fingerprint density at radius 3 is 2.23 bits per heavy atom. The highest BCUT2D eigenvalue weighted by Gasteiger charge is 2.33. The number of benzene rings is 1. The molecule has 214 valence electrons. The Labute approximate surface area is 224 Å². The van der Waals surface area contributed by atoms with Crippen molar-refractivity contribution in [2.24, 2.45) is 11.5 Å². The van der Waals surface area contributed by atoms with E-state index in [2.05, 4.69) is 15.6 Å². The van der Waals surface area contributed by atoms with E-state index < -0.39 is 66.4 Å². The molecule has 0 fully saturated rings. The summed E-state index contributed by atoms with van der Waals surface area (Å²) in [4.78, 5) is 64.0. The van der Waals surface area contributed by atoms with Gasteiger partial charge in [-0.15, -0.1) is 0 Å². The lowest BCUT2D eigenvalue weighted by Crippen LogP contribution is -2.60. The number of hydrogen-bond donors (Lipinski definition) is 9. The van der Waals surface area contributed by atoms with Crippen LogP contribution in [0.5, 0.6) is 0 Å². The second kappa shape index (κ2) is 14.8. The summed E-state index contributed by atoms with van der Waals surface area (Å²) < 4.78 is 0. The molecule has 14 nitrogen and oxygen atoms in total. The first-order chi connectivity index (χ1) is 18.4. The van der Waals surface area contributed by atoms with Crippen LogP contribution >= 0.6 is 0 Å². The molecule has 3 amide bonds. The first-order valence-electron chi connectivity index (χ1n) is 12.5. The first kappa shape index (κ1) is 31.2. The molecule has 0 aliphatic carbocycles. The fourth-order valence-electron chi connectivity index (χ4n) is 3.97. The van der Waals surface area contributed by atoms with Gasteiger partial charge in [0, 0.05) is 17.1 Å². The number of aliphatic hydroxyl groups excluding tert-OH is 1. The van der Waals surface area contributed by atoms with Crippen molar-refractivity contribution < 1.29 is 39.3 Å². The molecule has 0 aliphatic rings. The number of aromatic nitrogens is 1. The summed E-state index contributed by atoms with van der Waals surface area (Å²) >= 11 is 0. The van der Waals surface area contributed by atoms with E-state index in [-0.39, 0.29) is 12.8 Å². The number of unbranched alkanes of at least 4 members (excludes halogenated alkanes) is 1. The molecule has 0 saturated heterocycles. The molecule has 39 heavy (non-hydrogen) atoms. The van der Waals surface area contributed by atoms with Crippen molar-refractivity contribution in [2.45, 2.75) is 69.3 Å². The van der Waals surface area contributed by atoms with Gasteiger partial charge in [0.15, 0.2) is 0 Å². The van der Waals surface area contributed by atoms with Crippen molar-refractivity contribution in [1.29, 1.82) is 0 Å². The van der Waals surface area contributed by atoms with Crippen molar-refractivity contribution in [3.8, 4) is 0 Å². The van der Waals surface area contributed by atoms with Gasteiger partial charge in [0.05, 0.1) is 18.6 Å². The maximum atomic E-state index is 13.1. The molecule has 2 aromatic rings. The minimum Gasteiger partial charge on any atom is -0.481 e. The van der Waals surface area contributed by atoms with Gasteiger partial charge in [-0.25, -0.2) is 4.79 Å². The predicted octanol–water partition coefficient (Wildman–Crippen LogP) is -1.44. The number of rotatable bonds is 16. The first-order valence-corrected chi connectivity index (χ1v) is 12.5. The Morgan fingerprint density at radius 1 is 0.949 bits per heavy atom. The summed E-state index contributed by atoms with van der Waals surface area (Å²) in [6, 6.07) is 1.96. The number of aliphatic hydroxyl groups is 1. The van der Waals surface area contributed by atoms with Crippen LogP contribution in [-0.4, -0.2) is 86.8 Å². The number of carbonyl (C=O) groups excluding carboxylic acids is 3. The number of aromatic amines is 1. The molecular weight excluding hydrogens is 512 g/mol. The summed E-state index contributed by atoms with van der Waals surface area (Å²) in [6.07, 6.45) is 0.718. The van der Waals surface area contributed by atoms with E-state index in [1.807, 2.05) is 29.6 Å². The Morgan fingerprint density at radius 2 is 1.62 bits per heavy atom. The molecule has 11 N–H and O–H groups in total. The summed E-state index contributed by atoms with van der Waals surface area (Å²) in [6.45, 7) is 1.54. The number of nitrogens with two attached hydrogens (primary N) is 2. The second-order valence-electron chi connectivity index (χ2n) is 9.24. The van der Waals surface area contributed by atoms with Gasteiger partial charge in [-0.05, 0) is 50.8 Å². The molecule has 0 bridgehead atoms. The highest BCUT2D eigenvalue weighted by Crippen LogP contribution is 2.19. The zero-order chi connectivity index (χ0) is 29.1. The SMILES string of the molecule is CC(O)C(NC(=O)C(CCCCN)NC(=O)C(N)Cc1c[nH]c2ccccc12)C(=O)NC(CC(=O)O)C(=O)O. The number of fused-ring (bicyclic) bond motifs is 1. The quantitative estimate of drug-likeness (QED) is 0.110. The van der Waals surface area contributed by atoms with E-state index in [1.54, 1.807) is 6.20 Å². The highest BCUT2D eigenvalue weighted by molar-refractivity contribution is 5.95. The van der Waals surface area contributed by atoms with Crippen LogP contribution in [0.2, 0.25) is 0 Å². The fourth-order valence-corrected chi connectivity index (χ4v) is 3.97. The number of nitrogens with one attached hydrogen (secondary N) is 4. The van der Waals surface area contributed by atoms with Crippen LogP contribution < -0.4 is 27.4 Å². The number of carboxylic acids is 2. The van der Waals surface area contributed by atoms with E-state index in [1.165, 1.54) is 6.92 Å². The van der Waals surface area contributed by atoms with Gasteiger partial charge in [0.25, 0.3) is 0 Å². The smallest absolute Gasteiger partial charge is 0.326 e. The van der Waals surface area contributed by atoms with Gasteiger partial charge in [-0.3, -0.25) is 19.2 Å². The number of aliphatic carboxylic acids is 2. The van der Waals surface area contributed by atoms with Crippen LogP contribution in [0, 0.1) is 0 Å². The molecule has 1 aromatic carbocycles. The van der Waals surface area contributed by atoms with Gasteiger partial charge in [0.2, 0.25) is 17.7 Å². The Hall–Kier alpha value is -4.01. The maximum Gasteiger partial charge on any atom is 0.326 e. The maximum absolute atomic E-state index is 13.1. The number of carboxylic acid groups (broad SMARTS) is 2. The monoisotopic (exact) mass is 548 g/mol. The van der Waals surface area contributed by atoms with Gasteiger partial charge < -0.3 is 47.7 Å². The van der Waals surface area contributed by atoms with Crippen molar-refractivity contribution in [3.05, 3.63) is 36.0 Å². The van der Waals surface area contributed by atoms with E-state index in [9.17, 15) is 34.2 Å². The minimum absolute atomic E-state index is 0.152. The lowest BCUT2D eigenvalue weighted by molar-refractivity contribution is -0.148. The van der Waals surface area contributed by atoms with Crippen molar-refractivity contribution in [1.82, 2.24) is 20.9 Å². The summed E-state index contributed by atoms with van der Waals surface area (Å²) in [5.74, 6) is -5.59. The molecule has 0 spiro atoms. The number of carbonyl (C=O) groups is 5. The molecule has 1 aromatic heterocycles. The summed E-state index contributed by atoms with van der Waals surface area (Å²) in [5, 5.41) is 36.0. The van der Waals surface area contributed by atoms with E-state index in [0.29, 0.717) is 19.4 Å². The number of hydrogen-bond acceptors (Lipinski definition) is 8. The molecule has 14 heteroatoms. The number of H-pyrrole nitrogens is 1. The van der Waals surface area contributed by atoms with Gasteiger partial charge in [-0.2, -0.15) is 0 Å². The topological polar surface area (TPSA) is 250 Å². The van der Waals surface area contributed by atoms with Crippen LogP contribution in [0.15, 0.2) is 30.5 Å². The van der Waals surface area contributed by atoms with Crippen molar-refractivity contribution in [3.63, 3.8) is 0 Å². The Kier molecular flexibility index (Phi) is 11.8. The molecule has 0 radical (unpaired) electrons. The normalized spacial score (nSPS) is 15.0. The molecule has 5 atom stereocenters. The van der Waals surface area contributed by atoms with Crippen LogP contribution in [-0.2, 0) is 30.4 Å². The second-order valence-corrected chi connectivity index (χ2v) is 9.24. The lowest BCUT2D eigenvalue weighted by atomic mass is 10.0. The van der Waals surface area contributed by atoms with Crippen LogP contribution in [0.25, 0.3) is 10.9 Å². The molecule has 5 unspecified atom stereocenters. The van der Waals surface area contributed by atoms with Crippen molar-refractivity contribution in [2.75, 3.05) is 6.54 Å². The highest BCUT2D eigenvalue weighted by atomic mass is 16.4. The standard InChI is InChI=1S/C25H36N6O8/c1-13(32)21(24(37)30-19(25(38)39)11-20(33)34)31-23(36)18(8-4-5-9-26)29-22(35)16(27)10-14-12-28-17-7-3-2-6-15(14)17/h2-3,6-7,12-13,16,18-19,21,28,32H,4-5,8-11,26-27H2,1H3,(H,29,35)(H,30,37)(H,31,36)(H,33,34)(H,38,39). The Bertz CT molecular complexity index is 1170. The van der Waals surface area contributed by atoms with Crippen LogP contribution in [0.4, 0.5) is 0 Å². The zero-order valence-electron chi connectivity index (χ0n) is 21.6. The number of amides is 3. The Balaban J connectivity index is 2.12. The fraction of sp³-hybridized carbons (Fsp3) is 0.480. The minimum atomic E-state index is -1.78.